The summed E-state index contributed by atoms with van der Waals surface area (Å²) in [5, 5.41) is 1.04. The van der Waals surface area contributed by atoms with E-state index in [1.54, 1.807) is 19.0 Å². The van der Waals surface area contributed by atoms with Gasteiger partial charge in [-0.15, -0.1) is 0 Å². The van der Waals surface area contributed by atoms with E-state index in [-0.39, 0.29) is 29.6 Å². The number of urea groups is 1. The first kappa shape index (κ1) is 17.4. The second-order valence-electron chi connectivity index (χ2n) is 7.30. The highest BCUT2D eigenvalue weighted by atomic mass is 32.2. The summed E-state index contributed by atoms with van der Waals surface area (Å²) in [5.41, 5.74) is 0.833. The third-order valence-corrected chi connectivity index (χ3v) is 6.95. The van der Waals surface area contributed by atoms with Gasteiger partial charge in [0.1, 0.15) is 11.3 Å². The van der Waals surface area contributed by atoms with E-state index < -0.39 is 9.84 Å². The molecule has 2 aromatic rings. The summed E-state index contributed by atoms with van der Waals surface area (Å²) in [5.74, 6) is 0.949. The zero-order valence-corrected chi connectivity index (χ0v) is 15.8. The van der Waals surface area contributed by atoms with Crippen LogP contribution in [-0.4, -0.2) is 79.9 Å². The standard InChI is InChI=1S/C18H23N3O4S/c1-19(2)18(22)21-8-7-20(15-11-26(23,24)12-16(15)21)10-14-9-13-5-3-4-6-17(13)25-14/h3-6,9,15-16H,7-8,10-12H2,1-2H3. The highest BCUT2D eigenvalue weighted by Crippen LogP contribution is 2.30. The maximum absolute atomic E-state index is 12.5. The molecule has 0 bridgehead atoms. The van der Waals surface area contributed by atoms with Crippen LogP contribution in [0.3, 0.4) is 0 Å². The number of piperazine rings is 1. The van der Waals surface area contributed by atoms with Gasteiger partial charge in [-0.2, -0.15) is 0 Å². The third-order valence-electron chi connectivity index (χ3n) is 5.25. The van der Waals surface area contributed by atoms with Gasteiger partial charge in [0.25, 0.3) is 0 Å². The highest BCUT2D eigenvalue weighted by molar-refractivity contribution is 7.91. The number of amides is 2. The average Bonchev–Trinajstić information content (AvgIpc) is 3.13. The van der Waals surface area contributed by atoms with E-state index in [1.807, 2.05) is 30.3 Å². The fraction of sp³-hybridized carbons (Fsp3) is 0.500. The van der Waals surface area contributed by atoms with Crippen molar-refractivity contribution in [3.8, 4) is 0 Å². The summed E-state index contributed by atoms with van der Waals surface area (Å²) >= 11 is 0. The molecular weight excluding hydrogens is 354 g/mol. The topological polar surface area (TPSA) is 74.1 Å². The Balaban J connectivity index is 1.59. The Bertz CT molecular complexity index is 904. The van der Waals surface area contributed by atoms with Crippen molar-refractivity contribution in [3.05, 3.63) is 36.1 Å². The number of carbonyl (C=O) groups is 1. The molecule has 2 aliphatic rings. The van der Waals surface area contributed by atoms with Crippen LogP contribution in [0.1, 0.15) is 5.76 Å². The minimum absolute atomic E-state index is 0.0356. The molecule has 0 N–H and O–H groups in total. The monoisotopic (exact) mass is 377 g/mol. The number of hydrogen-bond donors (Lipinski definition) is 0. The number of benzene rings is 1. The molecule has 3 heterocycles. The zero-order chi connectivity index (χ0) is 18.5. The Morgan fingerprint density at radius 3 is 2.65 bits per heavy atom. The molecule has 2 atom stereocenters. The fourth-order valence-electron chi connectivity index (χ4n) is 4.03. The van der Waals surface area contributed by atoms with Crippen LogP contribution >= 0.6 is 0 Å². The van der Waals surface area contributed by atoms with Crippen LogP contribution in [0.2, 0.25) is 0 Å². The Labute approximate surface area is 153 Å². The second-order valence-corrected chi connectivity index (χ2v) is 9.46. The summed E-state index contributed by atoms with van der Waals surface area (Å²) in [4.78, 5) is 17.8. The number of nitrogens with zero attached hydrogens (tertiary/aromatic N) is 3. The van der Waals surface area contributed by atoms with Crippen molar-refractivity contribution in [2.75, 3.05) is 38.7 Å². The first-order valence-corrected chi connectivity index (χ1v) is 10.6. The van der Waals surface area contributed by atoms with Crippen molar-refractivity contribution in [3.63, 3.8) is 0 Å². The molecule has 2 saturated heterocycles. The predicted octanol–water partition coefficient (Wildman–Crippen LogP) is 1.40. The molecule has 2 amide bonds. The second kappa shape index (κ2) is 6.28. The number of hydrogen-bond acceptors (Lipinski definition) is 5. The van der Waals surface area contributed by atoms with Gasteiger partial charge >= 0.3 is 6.03 Å². The van der Waals surface area contributed by atoms with Gasteiger partial charge in [0.2, 0.25) is 0 Å². The molecule has 0 aliphatic carbocycles. The average molecular weight is 377 g/mol. The molecule has 26 heavy (non-hydrogen) atoms. The van der Waals surface area contributed by atoms with Crippen molar-refractivity contribution in [2.45, 2.75) is 18.6 Å². The van der Waals surface area contributed by atoms with E-state index in [2.05, 4.69) is 4.90 Å². The SMILES string of the molecule is CN(C)C(=O)N1CCN(Cc2cc3ccccc3o2)C2CS(=O)(=O)CC21. The molecule has 2 unspecified atom stereocenters. The molecule has 1 aromatic carbocycles. The lowest BCUT2D eigenvalue weighted by Crippen LogP contribution is -2.61. The van der Waals surface area contributed by atoms with Crippen LogP contribution in [0.25, 0.3) is 11.0 Å². The molecule has 0 spiro atoms. The van der Waals surface area contributed by atoms with Gasteiger partial charge in [0, 0.05) is 38.6 Å². The number of furan rings is 1. The lowest BCUT2D eigenvalue weighted by molar-refractivity contribution is 0.0486. The van der Waals surface area contributed by atoms with Crippen molar-refractivity contribution in [1.29, 1.82) is 0 Å². The van der Waals surface area contributed by atoms with E-state index in [9.17, 15) is 13.2 Å². The van der Waals surface area contributed by atoms with Crippen molar-refractivity contribution in [1.82, 2.24) is 14.7 Å². The molecule has 4 rings (SSSR count). The Kier molecular flexibility index (Phi) is 4.19. The molecular formula is C18H23N3O4S. The quantitative estimate of drug-likeness (QED) is 0.791. The lowest BCUT2D eigenvalue weighted by atomic mass is 10.0. The van der Waals surface area contributed by atoms with E-state index in [0.29, 0.717) is 19.6 Å². The van der Waals surface area contributed by atoms with Crippen molar-refractivity contribution in [2.24, 2.45) is 0 Å². The normalized spacial score (nSPS) is 25.4. The minimum atomic E-state index is -3.16. The Hall–Kier alpha value is -2.06. The Morgan fingerprint density at radius 1 is 1.19 bits per heavy atom. The van der Waals surface area contributed by atoms with Crippen LogP contribution in [0.4, 0.5) is 4.79 Å². The maximum Gasteiger partial charge on any atom is 0.319 e. The van der Waals surface area contributed by atoms with Crippen LogP contribution in [-0.2, 0) is 16.4 Å². The van der Waals surface area contributed by atoms with Gasteiger partial charge in [0.15, 0.2) is 9.84 Å². The van der Waals surface area contributed by atoms with Gasteiger partial charge in [-0.05, 0) is 12.1 Å². The van der Waals surface area contributed by atoms with Gasteiger partial charge in [-0.1, -0.05) is 18.2 Å². The largest absolute Gasteiger partial charge is 0.460 e. The summed E-state index contributed by atoms with van der Waals surface area (Å²) in [6.07, 6.45) is 0. The van der Waals surface area contributed by atoms with Gasteiger partial charge in [-0.25, -0.2) is 13.2 Å². The van der Waals surface area contributed by atoms with Gasteiger partial charge in [0.05, 0.1) is 24.1 Å². The lowest BCUT2D eigenvalue weighted by Gasteiger charge is -2.44. The Morgan fingerprint density at radius 2 is 1.92 bits per heavy atom. The summed E-state index contributed by atoms with van der Waals surface area (Å²) < 4.78 is 30.4. The number of para-hydroxylation sites is 1. The molecule has 2 fully saturated rings. The fourth-order valence-corrected chi connectivity index (χ4v) is 6.04. The number of sulfone groups is 1. The first-order chi connectivity index (χ1) is 12.3. The molecule has 2 aliphatic heterocycles. The minimum Gasteiger partial charge on any atom is -0.460 e. The van der Waals surface area contributed by atoms with Crippen LogP contribution in [0, 0.1) is 0 Å². The smallest absolute Gasteiger partial charge is 0.319 e. The van der Waals surface area contributed by atoms with E-state index >= 15 is 0 Å². The van der Waals surface area contributed by atoms with Crippen molar-refractivity contribution >= 4 is 26.8 Å². The maximum atomic E-state index is 12.5. The van der Waals surface area contributed by atoms with Gasteiger partial charge in [-0.3, -0.25) is 4.90 Å². The molecule has 0 radical (unpaired) electrons. The summed E-state index contributed by atoms with van der Waals surface area (Å²) in [6.45, 7) is 1.70. The number of carbonyl (C=O) groups excluding carboxylic acids is 1. The summed E-state index contributed by atoms with van der Waals surface area (Å²) in [7, 11) is 0.237. The molecule has 1 aromatic heterocycles. The van der Waals surface area contributed by atoms with Gasteiger partial charge < -0.3 is 14.2 Å². The number of rotatable bonds is 2. The van der Waals surface area contributed by atoms with Crippen molar-refractivity contribution < 1.29 is 17.6 Å². The van der Waals surface area contributed by atoms with E-state index in [0.717, 1.165) is 16.7 Å². The van der Waals surface area contributed by atoms with Crippen LogP contribution in [0.15, 0.2) is 34.7 Å². The van der Waals surface area contributed by atoms with Crippen LogP contribution < -0.4 is 0 Å². The zero-order valence-electron chi connectivity index (χ0n) is 15.0. The van der Waals surface area contributed by atoms with E-state index in [4.69, 9.17) is 4.42 Å². The third kappa shape index (κ3) is 3.07. The highest BCUT2D eigenvalue weighted by Gasteiger charge is 2.48. The van der Waals surface area contributed by atoms with Crippen LogP contribution in [0.5, 0.6) is 0 Å². The van der Waals surface area contributed by atoms with E-state index in [1.165, 1.54) is 4.90 Å². The molecule has 8 heteroatoms. The number of fused-ring (bicyclic) bond motifs is 2. The summed E-state index contributed by atoms with van der Waals surface area (Å²) in [6, 6.07) is 9.21. The molecule has 0 saturated carbocycles. The molecule has 7 nitrogen and oxygen atoms in total. The molecule has 140 valence electrons. The predicted molar refractivity (Wildman–Crippen MR) is 98.6 cm³/mol. The first-order valence-electron chi connectivity index (χ1n) is 8.74.